The molecule has 0 saturated carbocycles. The minimum Gasteiger partial charge on any atom is -0.393 e. The Morgan fingerprint density at radius 3 is 2.67 bits per heavy atom. The van der Waals surface area contributed by atoms with Crippen LogP contribution in [0.15, 0.2) is 12.1 Å². The van der Waals surface area contributed by atoms with Gasteiger partial charge in [-0.3, -0.25) is 14.9 Å². The number of benzene rings is 1. The Hall–Kier alpha value is -1.82. The molecule has 3 N–H and O–H groups in total. The molecular weight excluding hydrogens is 222 g/mol. The molecule has 15 heavy (non-hydrogen) atoms. The van der Waals surface area contributed by atoms with Gasteiger partial charge < -0.3 is 11.1 Å². The average Bonchev–Trinajstić information content (AvgIpc) is 2.16. The van der Waals surface area contributed by atoms with E-state index in [0.29, 0.717) is 0 Å². The molecule has 1 aromatic rings. The first kappa shape index (κ1) is 11.3. The predicted octanol–water partition coefficient (Wildman–Crippen LogP) is 1.19. The lowest BCUT2D eigenvalue weighted by Gasteiger charge is -2.04. The Kier molecular flexibility index (Phi) is 3.11. The van der Waals surface area contributed by atoms with Crippen molar-refractivity contribution in [2.45, 2.75) is 0 Å². The normalized spacial score (nSPS) is 9.73. The van der Waals surface area contributed by atoms with Crippen LogP contribution in [0.5, 0.6) is 0 Å². The number of anilines is 1. The van der Waals surface area contributed by atoms with Gasteiger partial charge in [0.1, 0.15) is 5.69 Å². The van der Waals surface area contributed by atoms with Crippen LogP contribution in [-0.2, 0) is 0 Å². The highest BCUT2D eigenvalue weighted by molar-refractivity contribution is 6.34. The number of hydrogen-bond acceptors (Lipinski definition) is 4. The van der Waals surface area contributed by atoms with Gasteiger partial charge in [0.25, 0.3) is 11.6 Å². The number of nitrogen functional groups attached to an aromatic ring is 1. The third-order valence-electron chi connectivity index (χ3n) is 1.78. The smallest absolute Gasteiger partial charge is 0.293 e. The maximum Gasteiger partial charge on any atom is 0.293 e. The number of nitrogens with two attached hydrogens (primary N) is 1. The number of nitrogens with one attached hydrogen (secondary N) is 1. The SMILES string of the molecule is CNC(=O)c1cc([N+](=O)[O-])c(N)cc1Cl. The van der Waals surface area contributed by atoms with E-state index in [2.05, 4.69) is 5.32 Å². The molecule has 0 aliphatic rings. The summed E-state index contributed by atoms with van der Waals surface area (Å²) in [6, 6.07) is 2.24. The third kappa shape index (κ3) is 2.16. The van der Waals surface area contributed by atoms with Crippen molar-refractivity contribution < 1.29 is 9.72 Å². The molecule has 0 spiro atoms. The van der Waals surface area contributed by atoms with Crippen molar-refractivity contribution >= 4 is 28.9 Å². The lowest BCUT2D eigenvalue weighted by Crippen LogP contribution is -2.18. The van der Waals surface area contributed by atoms with Crippen LogP contribution < -0.4 is 11.1 Å². The quantitative estimate of drug-likeness (QED) is 0.452. The van der Waals surface area contributed by atoms with Crippen molar-refractivity contribution in [1.29, 1.82) is 0 Å². The number of halogens is 1. The van der Waals surface area contributed by atoms with Gasteiger partial charge in [0.05, 0.1) is 15.5 Å². The van der Waals surface area contributed by atoms with Crippen LogP contribution in [0.2, 0.25) is 5.02 Å². The fraction of sp³-hybridized carbons (Fsp3) is 0.125. The van der Waals surface area contributed by atoms with Gasteiger partial charge in [0.15, 0.2) is 0 Å². The molecule has 7 heteroatoms. The number of nitrogens with zero attached hydrogens (tertiary/aromatic N) is 1. The summed E-state index contributed by atoms with van der Waals surface area (Å²) >= 11 is 5.72. The van der Waals surface area contributed by atoms with Crippen LogP contribution in [-0.4, -0.2) is 17.9 Å². The molecule has 0 atom stereocenters. The number of rotatable bonds is 2. The summed E-state index contributed by atoms with van der Waals surface area (Å²) in [6.45, 7) is 0. The van der Waals surface area contributed by atoms with Gasteiger partial charge in [0.2, 0.25) is 0 Å². The first-order chi connectivity index (χ1) is 6.97. The van der Waals surface area contributed by atoms with Gasteiger partial charge in [-0.1, -0.05) is 11.6 Å². The highest BCUT2D eigenvalue weighted by Crippen LogP contribution is 2.28. The van der Waals surface area contributed by atoms with E-state index in [9.17, 15) is 14.9 Å². The Bertz CT molecular complexity index is 433. The van der Waals surface area contributed by atoms with Crippen molar-refractivity contribution in [3.05, 3.63) is 32.8 Å². The Morgan fingerprint density at radius 2 is 2.20 bits per heavy atom. The van der Waals surface area contributed by atoms with E-state index in [-0.39, 0.29) is 22.0 Å². The molecule has 0 aliphatic heterocycles. The van der Waals surface area contributed by atoms with Crippen molar-refractivity contribution in [2.75, 3.05) is 12.8 Å². The van der Waals surface area contributed by atoms with Gasteiger partial charge in [0, 0.05) is 13.1 Å². The maximum absolute atomic E-state index is 11.3. The summed E-state index contributed by atoms with van der Waals surface area (Å²) < 4.78 is 0. The summed E-state index contributed by atoms with van der Waals surface area (Å²) in [5, 5.41) is 12.9. The summed E-state index contributed by atoms with van der Waals surface area (Å²) in [7, 11) is 1.40. The van der Waals surface area contributed by atoms with Gasteiger partial charge in [-0.05, 0) is 6.07 Å². The van der Waals surface area contributed by atoms with E-state index >= 15 is 0 Å². The van der Waals surface area contributed by atoms with E-state index in [1.807, 2.05) is 0 Å². The fourth-order valence-electron chi connectivity index (χ4n) is 1.04. The molecule has 0 aromatic heterocycles. The molecule has 1 rings (SSSR count). The van der Waals surface area contributed by atoms with Crippen LogP contribution in [0, 0.1) is 10.1 Å². The molecular formula is C8H8ClN3O3. The topological polar surface area (TPSA) is 98.3 Å². The molecule has 6 nitrogen and oxygen atoms in total. The largest absolute Gasteiger partial charge is 0.393 e. The number of nitro groups is 1. The van der Waals surface area contributed by atoms with Crippen molar-refractivity contribution in [2.24, 2.45) is 0 Å². The highest BCUT2D eigenvalue weighted by atomic mass is 35.5. The van der Waals surface area contributed by atoms with Gasteiger partial charge in [-0.2, -0.15) is 0 Å². The minimum absolute atomic E-state index is 0.0278. The maximum atomic E-state index is 11.3. The monoisotopic (exact) mass is 229 g/mol. The van der Waals surface area contributed by atoms with Gasteiger partial charge >= 0.3 is 0 Å². The van der Waals surface area contributed by atoms with Crippen molar-refractivity contribution in [3.8, 4) is 0 Å². The first-order valence-electron chi connectivity index (χ1n) is 3.93. The van der Waals surface area contributed by atoms with E-state index < -0.39 is 10.8 Å². The number of hydrogen-bond donors (Lipinski definition) is 2. The van der Waals surface area contributed by atoms with Crippen LogP contribution in [0.3, 0.4) is 0 Å². The number of carbonyl (C=O) groups excluding carboxylic acids is 1. The summed E-state index contributed by atoms with van der Waals surface area (Å²) in [5.74, 6) is -0.497. The number of amides is 1. The standard InChI is InChI=1S/C8H8ClN3O3/c1-11-8(13)4-2-7(12(14)15)6(10)3-5(4)9/h2-3H,10H2,1H3,(H,11,13). The lowest BCUT2D eigenvalue weighted by atomic mass is 10.1. The lowest BCUT2D eigenvalue weighted by molar-refractivity contribution is -0.383. The zero-order valence-corrected chi connectivity index (χ0v) is 8.54. The fourth-order valence-corrected chi connectivity index (χ4v) is 1.30. The second kappa shape index (κ2) is 4.14. The average molecular weight is 230 g/mol. The van der Waals surface area contributed by atoms with E-state index in [0.717, 1.165) is 6.07 Å². The highest BCUT2D eigenvalue weighted by Gasteiger charge is 2.18. The van der Waals surface area contributed by atoms with Gasteiger partial charge in [-0.15, -0.1) is 0 Å². The molecule has 1 amide bonds. The van der Waals surface area contributed by atoms with E-state index in [4.69, 9.17) is 17.3 Å². The molecule has 0 aliphatic carbocycles. The number of carbonyl (C=O) groups is 1. The molecule has 1 aromatic carbocycles. The second-order valence-corrected chi connectivity index (χ2v) is 3.13. The molecule has 0 fully saturated rings. The molecule has 80 valence electrons. The second-order valence-electron chi connectivity index (χ2n) is 2.73. The molecule has 0 unspecified atom stereocenters. The van der Waals surface area contributed by atoms with Gasteiger partial charge in [-0.25, -0.2) is 0 Å². The first-order valence-corrected chi connectivity index (χ1v) is 4.30. The van der Waals surface area contributed by atoms with E-state index in [1.54, 1.807) is 0 Å². The molecule has 0 bridgehead atoms. The Balaban J connectivity index is 3.36. The van der Waals surface area contributed by atoms with Crippen molar-refractivity contribution in [1.82, 2.24) is 5.32 Å². The third-order valence-corrected chi connectivity index (χ3v) is 2.10. The zero-order chi connectivity index (χ0) is 11.6. The summed E-state index contributed by atoms with van der Waals surface area (Å²) in [4.78, 5) is 21.1. The van der Waals surface area contributed by atoms with Crippen molar-refractivity contribution in [3.63, 3.8) is 0 Å². The van der Waals surface area contributed by atoms with Crippen LogP contribution in [0.4, 0.5) is 11.4 Å². The Labute approximate surface area is 90.2 Å². The van der Waals surface area contributed by atoms with Crippen LogP contribution >= 0.6 is 11.6 Å². The molecule has 0 radical (unpaired) electrons. The summed E-state index contributed by atoms with van der Waals surface area (Å²) in [5.41, 5.74) is 5.00. The zero-order valence-electron chi connectivity index (χ0n) is 7.78. The predicted molar refractivity (Wildman–Crippen MR) is 55.9 cm³/mol. The molecule has 0 heterocycles. The number of nitro benzene ring substituents is 1. The van der Waals surface area contributed by atoms with Crippen LogP contribution in [0.1, 0.15) is 10.4 Å². The van der Waals surface area contributed by atoms with E-state index in [1.165, 1.54) is 13.1 Å². The minimum atomic E-state index is -0.669. The molecule has 0 saturated heterocycles. The Morgan fingerprint density at radius 1 is 1.60 bits per heavy atom. The van der Waals surface area contributed by atoms with Crippen LogP contribution in [0.25, 0.3) is 0 Å². The summed E-state index contributed by atoms with van der Waals surface area (Å²) in [6.07, 6.45) is 0.